The summed E-state index contributed by atoms with van der Waals surface area (Å²) in [5.74, 6) is -0.127. The van der Waals surface area contributed by atoms with Crippen molar-refractivity contribution in [3.05, 3.63) is 11.9 Å². The highest BCUT2D eigenvalue weighted by Crippen LogP contribution is 2.12. The molecule has 1 atom stereocenters. The molecule has 1 amide bonds. The van der Waals surface area contributed by atoms with E-state index in [1.54, 1.807) is 10.9 Å². The summed E-state index contributed by atoms with van der Waals surface area (Å²) in [6.45, 7) is 6.91. The summed E-state index contributed by atoms with van der Waals surface area (Å²) in [6, 6.07) is 0.714. The zero-order chi connectivity index (χ0) is 14.7. The van der Waals surface area contributed by atoms with E-state index in [0.717, 1.165) is 26.2 Å². The van der Waals surface area contributed by atoms with Gasteiger partial charge < -0.3 is 10.6 Å². The lowest BCUT2D eigenvalue weighted by Crippen LogP contribution is -2.44. The first-order valence-corrected chi connectivity index (χ1v) is 7.89. The van der Waals surface area contributed by atoms with E-state index in [0.29, 0.717) is 24.3 Å². The van der Waals surface area contributed by atoms with Crippen LogP contribution in [-0.4, -0.2) is 64.6 Å². The van der Waals surface area contributed by atoms with E-state index in [9.17, 15) is 4.79 Å². The summed E-state index contributed by atoms with van der Waals surface area (Å²) >= 11 is 0. The van der Waals surface area contributed by atoms with Crippen LogP contribution in [0.4, 0.5) is 0 Å². The number of piperidine rings is 1. The normalized spacial score (nSPS) is 21.8. The first kappa shape index (κ1) is 14.5. The molecule has 0 aliphatic carbocycles. The highest BCUT2D eigenvalue weighted by atomic mass is 16.2. The molecule has 0 aromatic carbocycles. The minimum Gasteiger partial charge on any atom is -0.349 e. The van der Waals surface area contributed by atoms with Crippen molar-refractivity contribution in [3.63, 3.8) is 0 Å². The average molecular weight is 292 g/mol. The summed E-state index contributed by atoms with van der Waals surface area (Å²) in [7, 11) is 0. The molecule has 21 heavy (non-hydrogen) atoms. The molecule has 7 heteroatoms. The second kappa shape index (κ2) is 6.53. The van der Waals surface area contributed by atoms with Gasteiger partial charge in [-0.2, -0.15) is 0 Å². The van der Waals surface area contributed by atoms with E-state index in [2.05, 4.69) is 32.8 Å². The lowest BCUT2D eigenvalue weighted by molar-refractivity contribution is 0.0925. The number of likely N-dealkylation sites (tertiary alicyclic amines) is 1. The molecular formula is C14H24N6O. The summed E-state index contributed by atoms with van der Waals surface area (Å²) in [4.78, 5) is 14.6. The first-order valence-electron chi connectivity index (χ1n) is 7.89. The molecule has 116 valence electrons. The van der Waals surface area contributed by atoms with Crippen molar-refractivity contribution < 1.29 is 4.79 Å². The maximum absolute atomic E-state index is 12.1. The number of nitrogens with zero attached hydrogens (tertiary/aromatic N) is 4. The van der Waals surface area contributed by atoms with E-state index in [-0.39, 0.29) is 5.91 Å². The van der Waals surface area contributed by atoms with Gasteiger partial charge in [-0.05, 0) is 32.9 Å². The molecule has 2 fully saturated rings. The van der Waals surface area contributed by atoms with Crippen LogP contribution in [0.2, 0.25) is 0 Å². The van der Waals surface area contributed by atoms with Crippen molar-refractivity contribution in [2.24, 2.45) is 0 Å². The van der Waals surface area contributed by atoms with Crippen molar-refractivity contribution >= 4 is 5.91 Å². The third-order valence-electron chi connectivity index (χ3n) is 4.45. The number of rotatable bonds is 5. The van der Waals surface area contributed by atoms with Crippen LogP contribution in [0.1, 0.15) is 42.7 Å². The Morgan fingerprint density at radius 3 is 2.86 bits per heavy atom. The van der Waals surface area contributed by atoms with Crippen molar-refractivity contribution in [3.8, 4) is 0 Å². The number of amides is 1. The van der Waals surface area contributed by atoms with Gasteiger partial charge in [-0.3, -0.25) is 9.69 Å². The van der Waals surface area contributed by atoms with Crippen LogP contribution in [0.3, 0.4) is 0 Å². The Labute approximate surface area is 125 Å². The minimum atomic E-state index is -0.127. The summed E-state index contributed by atoms with van der Waals surface area (Å²) in [5.41, 5.74) is 0.410. The molecular weight excluding hydrogens is 268 g/mol. The van der Waals surface area contributed by atoms with Gasteiger partial charge in [0, 0.05) is 25.7 Å². The highest BCUT2D eigenvalue weighted by molar-refractivity contribution is 5.91. The van der Waals surface area contributed by atoms with Crippen LogP contribution in [0, 0.1) is 0 Å². The summed E-state index contributed by atoms with van der Waals surface area (Å²) < 4.78 is 1.78. The Kier molecular flexibility index (Phi) is 4.50. The number of aromatic nitrogens is 3. The van der Waals surface area contributed by atoms with E-state index < -0.39 is 0 Å². The minimum absolute atomic E-state index is 0.127. The lowest BCUT2D eigenvalue weighted by Gasteiger charge is -2.32. The molecule has 2 aliphatic heterocycles. The Morgan fingerprint density at radius 2 is 2.19 bits per heavy atom. The van der Waals surface area contributed by atoms with Gasteiger partial charge >= 0.3 is 0 Å². The predicted molar refractivity (Wildman–Crippen MR) is 79.1 cm³/mol. The molecule has 2 N–H and O–H groups in total. The van der Waals surface area contributed by atoms with Gasteiger partial charge in [0.15, 0.2) is 5.69 Å². The third kappa shape index (κ3) is 3.41. The quantitative estimate of drug-likeness (QED) is 0.801. The van der Waals surface area contributed by atoms with Gasteiger partial charge in [0.1, 0.15) is 0 Å². The average Bonchev–Trinajstić information content (AvgIpc) is 2.93. The molecule has 0 bridgehead atoms. The third-order valence-corrected chi connectivity index (χ3v) is 4.45. The van der Waals surface area contributed by atoms with E-state index in [4.69, 9.17) is 0 Å². The van der Waals surface area contributed by atoms with Gasteiger partial charge in [-0.25, -0.2) is 4.68 Å². The number of hydrogen-bond donors (Lipinski definition) is 2. The van der Waals surface area contributed by atoms with Crippen LogP contribution in [0.5, 0.6) is 0 Å². The molecule has 1 unspecified atom stereocenters. The zero-order valence-electron chi connectivity index (χ0n) is 12.6. The van der Waals surface area contributed by atoms with Crippen LogP contribution >= 0.6 is 0 Å². The van der Waals surface area contributed by atoms with E-state index >= 15 is 0 Å². The van der Waals surface area contributed by atoms with Crippen LogP contribution in [0.15, 0.2) is 6.20 Å². The van der Waals surface area contributed by atoms with E-state index in [1.165, 1.54) is 19.3 Å². The molecule has 1 aromatic heterocycles. The molecule has 2 aliphatic rings. The second-order valence-corrected chi connectivity index (χ2v) is 6.05. The zero-order valence-corrected chi connectivity index (χ0v) is 12.6. The van der Waals surface area contributed by atoms with Crippen molar-refractivity contribution in [2.45, 2.75) is 38.3 Å². The van der Waals surface area contributed by atoms with Crippen molar-refractivity contribution in [1.29, 1.82) is 0 Å². The van der Waals surface area contributed by atoms with Crippen molar-refractivity contribution in [1.82, 2.24) is 30.5 Å². The molecule has 0 spiro atoms. The fourth-order valence-electron chi connectivity index (χ4n) is 2.84. The molecule has 0 radical (unpaired) electrons. The number of nitrogens with one attached hydrogen (secondary N) is 2. The largest absolute Gasteiger partial charge is 0.349 e. The maximum atomic E-state index is 12.1. The number of carbonyl (C=O) groups excluding carboxylic acids is 1. The fraction of sp³-hybridized carbons (Fsp3) is 0.786. The Morgan fingerprint density at radius 1 is 1.43 bits per heavy atom. The van der Waals surface area contributed by atoms with Gasteiger partial charge in [-0.15, -0.1) is 5.10 Å². The molecule has 2 saturated heterocycles. The SMILES string of the molecule is CC(CNC(=O)c1cn(C2CNC2)nn1)N1CCCCC1. The van der Waals surface area contributed by atoms with Crippen LogP contribution < -0.4 is 10.6 Å². The smallest absolute Gasteiger partial charge is 0.273 e. The van der Waals surface area contributed by atoms with E-state index in [1.807, 2.05) is 0 Å². The van der Waals surface area contributed by atoms with Crippen molar-refractivity contribution in [2.75, 3.05) is 32.7 Å². The Balaban J connectivity index is 1.47. The van der Waals surface area contributed by atoms with Gasteiger partial charge in [0.05, 0.1) is 12.2 Å². The fourth-order valence-corrected chi connectivity index (χ4v) is 2.84. The molecule has 3 heterocycles. The van der Waals surface area contributed by atoms with Gasteiger partial charge in [0.25, 0.3) is 5.91 Å². The topological polar surface area (TPSA) is 75.1 Å². The monoisotopic (exact) mass is 292 g/mol. The maximum Gasteiger partial charge on any atom is 0.273 e. The van der Waals surface area contributed by atoms with Crippen LogP contribution in [0.25, 0.3) is 0 Å². The second-order valence-electron chi connectivity index (χ2n) is 6.05. The lowest BCUT2D eigenvalue weighted by atomic mass is 10.1. The predicted octanol–water partition coefficient (Wildman–Crippen LogP) is 0.0266. The van der Waals surface area contributed by atoms with Gasteiger partial charge in [0.2, 0.25) is 0 Å². The molecule has 0 saturated carbocycles. The molecule has 7 nitrogen and oxygen atoms in total. The molecule has 1 aromatic rings. The standard InChI is InChI=1S/C14H24N6O/c1-11(19-5-3-2-4-6-19)7-16-14(21)13-10-20(18-17-13)12-8-15-9-12/h10-12,15H,2-9H2,1H3,(H,16,21). The van der Waals surface area contributed by atoms with Crippen LogP contribution in [-0.2, 0) is 0 Å². The van der Waals surface area contributed by atoms with Gasteiger partial charge in [-0.1, -0.05) is 11.6 Å². The Hall–Kier alpha value is -1.47. The number of carbonyl (C=O) groups is 1. The Bertz CT molecular complexity index is 478. The highest BCUT2D eigenvalue weighted by Gasteiger charge is 2.22. The number of hydrogen-bond acceptors (Lipinski definition) is 5. The first-order chi connectivity index (χ1) is 10.2. The molecule has 3 rings (SSSR count). The summed E-state index contributed by atoms with van der Waals surface area (Å²) in [6.07, 6.45) is 5.60. The summed E-state index contributed by atoms with van der Waals surface area (Å²) in [5, 5.41) is 14.2.